The molecule has 7 heteroatoms. The van der Waals surface area contributed by atoms with Crippen LogP contribution in [0.15, 0.2) is 46.3 Å². The summed E-state index contributed by atoms with van der Waals surface area (Å²) in [6.07, 6.45) is 0. The number of phenolic OH excluding ortho intramolecular Hbond substituents is 1. The van der Waals surface area contributed by atoms with Crippen molar-refractivity contribution in [3.63, 3.8) is 0 Å². The van der Waals surface area contributed by atoms with Gasteiger partial charge in [0.1, 0.15) is 17.4 Å². The van der Waals surface area contributed by atoms with Crippen molar-refractivity contribution in [1.82, 2.24) is 0 Å². The minimum Gasteiger partial charge on any atom is -0.503 e. The summed E-state index contributed by atoms with van der Waals surface area (Å²) >= 11 is 3.30. The minimum atomic E-state index is -0.454. The molecule has 3 rings (SSSR count). The first-order chi connectivity index (χ1) is 11.5. The molecule has 122 valence electrons. The van der Waals surface area contributed by atoms with Gasteiger partial charge in [-0.1, -0.05) is 6.07 Å². The molecule has 5 N–H and O–H groups in total. The monoisotopic (exact) mass is 387 g/mol. The Morgan fingerprint density at radius 3 is 2.71 bits per heavy atom. The molecule has 0 radical (unpaired) electrons. The average molecular weight is 388 g/mol. The van der Waals surface area contributed by atoms with Crippen LogP contribution in [0.1, 0.15) is 17.0 Å². The van der Waals surface area contributed by atoms with E-state index in [-0.39, 0.29) is 17.2 Å². The quantitative estimate of drug-likeness (QED) is 0.682. The molecule has 1 aliphatic heterocycles. The van der Waals surface area contributed by atoms with Crippen molar-refractivity contribution in [2.24, 2.45) is 5.73 Å². The molecule has 1 atom stereocenters. The third kappa shape index (κ3) is 2.51. The molecule has 1 heterocycles. The lowest BCUT2D eigenvalue weighted by molar-refractivity contribution is 0.370. The van der Waals surface area contributed by atoms with Crippen molar-refractivity contribution in [2.75, 3.05) is 12.8 Å². The van der Waals surface area contributed by atoms with E-state index in [1.54, 1.807) is 30.3 Å². The van der Waals surface area contributed by atoms with Gasteiger partial charge in [-0.25, -0.2) is 0 Å². The number of nitrogens with zero attached hydrogens (tertiary/aromatic N) is 1. The van der Waals surface area contributed by atoms with E-state index in [4.69, 9.17) is 20.9 Å². The van der Waals surface area contributed by atoms with Crippen molar-refractivity contribution < 1.29 is 14.6 Å². The maximum Gasteiger partial charge on any atom is 0.205 e. The lowest BCUT2D eigenvalue weighted by Crippen LogP contribution is -2.21. The zero-order valence-electron chi connectivity index (χ0n) is 12.7. The van der Waals surface area contributed by atoms with Crippen molar-refractivity contribution in [3.8, 4) is 23.3 Å². The van der Waals surface area contributed by atoms with E-state index >= 15 is 0 Å². The fourth-order valence-corrected chi connectivity index (χ4v) is 3.19. The number of phenols is 1. The summed E-state index contributed by atoms with van der Waals surface area (Å²) in [6.45, 7) is 0. The van der Waals surface area contributed by atoms with Gasteiger partial charge in [-0.05, 0) is 39.7 Å². The van der Waals surface area contributed by atoms with Crippen LogP contribution in [0, 0.1) is 11.3 Å². The van der Waals surface area contributed by atoms with Crippen LogP contribution in [0.4, 0.5) is 5.69 Å². The number of fused-ring (bicyclic) bond motifs is 1. The van der Waals surface area contributed by atoms with Crippen LogP contribution in [0.3, 0.4) is 0 Å². The van der Waals surface area contributed by atoms with Gasteiger partial charge in [0.2, 0.25) is 5.88 Å². The van der Waals surface area contributed by atoms with E-state index in [0.29, 0.717) is 21.7 Å². The number of nitrogens with two attached hydrogens (primary N) is 2. The van der Waals surface area contributed by atoms with Crippen LogP contribution in [-0.2, 0) is 0 Å². The van der Waals surface area contributed by atoms with Crippen LogP contribution >= 0.6 is 15.9 Å². The van der Waals surface area contributed by atoms with Gasteiger partial charge in [0, 0.05) is 17.3 Å². The van der Waals surface area contributed by atoms with Crippen molar-refractivity contribution >= 4 is 21.6 Å². The maximum absolute atomic E-state index is 10.0. The van der Waals surface area contributed by atoms with Gasteiger partial charge in [-0.2, -0.15) is 5.26 Å². The fraction of sp³-hybridized carbons (Fsp3) is 0.118. The third-order valence-corrected chi connectivity index (χ3v) is 4.45. The SMILES string of the molecule is COc1cc(C2C(C#N)=C(N)Oc3cc(N)ccc32)cc(Br)c1O. The second-order valence-corrected chi connectivity index (χ2v) is 6.13. The zero-order valence-corrected chi connectivity index (χ0v) is 14.3. The number of allylic oxidation sites excluding steroid dienone is 1. The lowest BCUT2D eigenvalue weighted by atomic mass is 9.83. The van der Waals surface area contributed by atoms with E-state index in [2.05, 4.69) is 22.0 Å². The molecule has 0 bridgehead atoms. The number of methoxy groups -OCH3 is 1. The molecule has 0 aliphatic carbocycles. The van der Waals surface area contributed by atoms with Crippen molar-refractivity contribution in [3.05, 3.63) is 57.4 Å². The average Bonchev–Trinajstić information content (AvgIpc) is 2.55. The van der Waals surface area contributed by atoms with E-state index in [9.17, 15) is 10.4 Å². The first-order valence-electron chi connectivity index (χ1n) is 6.99. The molecule has 0 spiro atoms. The van der Waals surface area contributed by atoms with Gasteiger partial charge < -0.3 is 26.0 Å². The Kier molecular flexibility index (Phi) is 3.99. The number of benzene rings is 2. The highest BCUT2D eigenvalue weighted by molar-refractivity contribution is 9.10. The summed E-state index contributed by atoms with van der Waals surface area (Å²) in [4.78, 5) is 0. The zero-order chi connectivity index (χ0) is 17.4. The third-order valence-electron chi connectivity index (χ3n) is 3.85. The fourth-order valence-electron chi connectivity index (χ4n) is 2.73. The Morgan fingerprint density at radius 2 is 2.04 bits per heavy atom. The Labute approximate surface area is 147 Å². The number of rotatable bonds is 2. The Hall–Kier alpha value is -2.85. The van der Waals surface area contributed by atoms with E-state index in [1.807, 2.05) is 0 Å². The molecule has 0 amide bonds. The normalized spacial score (nSPS) is 16.1. The summed E-state index contributed by atoms with van der Waals surface area (Å²) in [6, 6.07) is 10.7. The highest BCUT2D eigenvalue weighted by atomic mass is 79.9. The number of halogens is 1. The minimum absolute atomic E-state index is 0.0127. The molecule has 6 nitrogen and oxygen atoms in total. The number of nitrogen functional groups attached to an aromatic ring is 1. The van der Waals surface area contributed by atoms with Crippen LogP contribution < -0.4 is 20.9 Å². The predicted molar refractivity (Wildman–Crippen MR) is 92.5 cm³/mol. The number of hydrogen-bond acceptors (Lipinski definition) is 6. The van der Waals surface area contributed by atoms with Gasteiger partial charge in [0.15, 0.2) is 11.5 Å². The molecule has 1 unspecified atom stereocenters. The smallest absolute Gasteiger partial charge is 0.205 e. The van der Waals surface area contributed by atoms with E-state index < -0.39 is 5.92 Å². The van der Waals surface area contributed by atoms with Gasteiger partial charge in [0.05, 0.1) is 17.5 Å². The molecule has 2 aromatic rings. The highest BCUT2D eigenvalue weighted by Gasteiger charge is 2.31. The summed E-state index contributed by atoms with van der Waals surface area (Å²) in [5.41, 5.74) is 14.0. The number of aromatic hydroxyl groups is 1. The second-order valence-electron chi connectivity index (χ2n) is 5.28. The largest absolute Gasteiger partial charge is 0.503 e. The highest BCUT2D eigenvalue weighted by Crippen LogP contribution is 2.46. The molecule has 0 aromatic heterocycles. The topological polar surface area (TPSA) is 115 Å². The summed E-state index contributed by atoms with van der Waals surface area (Å²) in [5, 5.41) is 19.6. The number of anilines is 1. The standard InChI is InChI=1S/C17H14BrN3O3/c1-23-14-5-8(4-12(18)16(14)22)15-10-3-2-9(20)6-13(10)24-17(21)11(15)7-19/h2-6,15,22H,20-21H2,1H3. The predicted octanol–water partition coefficient (Wildman–Crippen LogP) is 2.96. The Bertz CT molecular complexity index is 903. The van der Waals surface area contributed by atoms with Crippen LogP contribution in [0.25, 0.3) is 0 Å². The number of ether oxygens (including phenoxy) is 2. The summed E-state index contributed by atoms with van der Waals surface area (Å²) in [5.74, 6) is 0.355. The summed E-state index contributed by atoms with van der Waals surface area (Å²) in [7, 11) is 1.46. The van der Waals surface area contributed by atoms with E-state index in [1.165, 1.54) is 7.11 Å². The molecule has 2 aromatic carbocycles. The molecule has 1 aliphatic rings. The number of nitriles is 1. The summed E-state index contributed by atoms with van der Waals surface area (Å²) < 4.78 is 11.2. The molecule has 24 heavy (non-hydrogen) atoms. The van der Waals surface area contributed by atoms with Crippen LogP contribution in [0.2, 0.25) is 0 Å². The first-order valence-corrected chi connectivity index (χ1v) is 7.79. The number of hydrogen-bond donors (Lipinski definition) is 3. The molecule has 0 saturated heterocycles. The maximum atomic E-state index is 10.0. The lowest BCUT2D eigenvalue weighted by Gasteiger charge is -2.27. The van der Waals surface area contributed by atoms with Crippen molar-refractivity contribution in [1.29, 1.82) is 5.26 Å². The van der Waals surface area contributed by atoms with Crippen LogP contribution in [-0.4, -0.2) is 12.2 Å². The molecule has 0 fully saturated rings. The Balaban J connectivity index is 2.26. The van der Waals surface area contributed by atoms with Gasteiger partial charge in [-0.3, -0.25) is 0 Å². The Morgan fingerprint density at radius 1 is 1.29 bits per heavy atom. The van der Waals surface area contributed by atoms with Gasteiger partial charge in [-0.15, -0.1) is 0 Å². The van der Waals surface area contributed by atoms with E-state index in [0.717, 1.165) is 11.1 Å². The molecular weight excluding hydrogens is 374 g/mol. The molecule has 0 saturated carbocycles. The van der Waals surface area contributed by atoms with Crippen molar-refractivity contribution in [2.45, 2.75) is 5.92 Å². The van der Waals surface area contributed by atoms with Crippen LogP contribution in [0.5, 0.6) is 17.2 Å². The van der Waals surface area contributed by atoms with Gasteiger partial charge >= 0.3 is 0 Å². The first kappa shape index (κ1) is 16.0. The second kappa shape index (κ2) is 5.98. The van der Waals surface area contributed by atoms with Gasteiger partial charge in [0.25, 0.3) is 0 Å². The molecular formula is C17H14BrN3O3.